The lowest BCUT2D eigenvalue weighted by atomic mass is 9.95. The smallest absolute Gasteiger partial charge is 0.293 e. The van der Waals surface area contributed by atoms with Crippen molar-refractivity contribution in [3.63, 3.8) is 0 Å². The van der Waals surface area contributed by atoms with Crippen molar-refractivity contribution in [2.75, 3.05) is 18.1 Å². The van der Waals surface area contributed by atoms with E-state index >= 15 is 0 Å². The fourth-order valence-corrected chi connectivity index (χ4v) is 5.66. The van der Waals surface area contributed by atoms with Crippen molar-refractivity contribution < 1.29 is 19.1 Å². The summed E-state index contributed by atoms with van der Waals surface area (Å²) in [5.41, 5.74) is 5.37. The maximum atomic E-state index is 10.9. The Kier molecular flexibility index (Phi) is 49.3. The molecule has 0 aromatic rings. The number of carbonyl (C=O) groups is 3. The molecule has 0 saturated heterocycles. The summed E-state index contributed by atoms with van der Waals surface area (Å²) >= 11 is 1.86. The number of aldehydes is 2. The van der Waals surface area contributed by atoms with Gasteiger partial charge in [-0.2, -0.15) is 11.8 Å². The molecule has 6 heteroatoms. The number of rotatable bonds is 32. The van der Waals surface area contributed by atoms with E-state index in [0.29, 0.717) is 19.0 Å². The summed E-state index contributed by atoms with van der Waals surface area (Å²) < 4.78 is 4.64. The number of nitrogens with two attached hydrogens (primary N) is 1. The Bertz CT molecular complexity index is 521. The van der Waals surface area contributed by atoms with Gasteiger partial charge in [0.05, 0.1) is 12.6 Å². The highest BCUT2D eigenvalue weighted by molar-refractivity contribution is 7.99. The van der Waals surface area contributed by atoms with E-state index in [-0.39, 0.29) is 6.04 Å². The molecule has 0 fully saturated rings. The van der Waals surface area contributed by atoms with Crippen molar-refractivity contribution in [3.8, 4) is 0 Å². The van der Waals surface area contributed by atoms with Gasteiger partial charge in [0.2, 0.25) is 0 Å². The normalized spacial score (nSPS) is 11.8. The first-order chi connectivity index (χ1) is 21.1. The fourth-order valence-electron chi connectivity index (χ4n) is 4.73. The van der Waals surface area contributed by atoms with E-state index in [1.165, 1.54) is 147 Å². The molecule has 0 aromatic carbocycles. The molecule has 0 spiro atoms. The SMILES string of the molecule is CCCCCCCCC(C=O)CCCCCC.CCCCCCCCCCCCCOC=O.CCCSCCC(N)C=O. The van der Waals surface area contributed by atoms with Gasteiger partial charge in [0.1, 0.15) is 12.6 Å². The third-order valence-electron chi connectivity index (χ3n) is 7.60. The molecule has 0 radical (unpaired) electrons. The van der Waals surface area contributed by atoms with Gasteiger partial charge in [0.25, 0.3) is 6.47 Å². The van der Waals surface area contributed by atoms with Gasteiger partial charge in [-0.05, 0) is 43.6 Å². The molecule has 2 N–H and O–H groups in total. The molecular weight excluding hydrogens is 554 g/mol. The summed E-state index contributed by atoms with van der Waals surface area (Å²) in [7, 11) is 0. The van der Waals surface area contributed by atoms with Gasteiger partial charge in [-0.25, -0.2) is 0 Å². The number of hydrogen-bond donors (Lipinski definition) is 1. The fraction of sp³-hybridized carbons (Fsp3) is 0.919. The molecule has 2 atom stereocenters. The topological polar surface area (TPSA) is 86.5 Å². The average Bonchev–Trinajstić information content (AvgIpc) is 3.03. The van der Waals surface area contributed by atoms with Gasteiger partial charge in [0.15, 0.2) is 0 Å². The molecule has 2 unspecified atom stereocenters. The van der Waals surface area contributed by atoms with Crippen LogP contribution in [0.1, 0.15) is 188 Å². The Morgan fingerprint density at radius 2 is 0.930 bits per heavy atom. The van der Waals surface area contributed by atoms with E-state index in [9.17, 15) is 14.4 Å². The van der Waals surface area contributed by atoms with Crippen molar-refractivity contribution in [1.29, 1.82) is 0 Å². The Morgan fingerprint density at radius 3 is 1.33 bits per heavy atom. The van der Waals surface area contributed by atoms with E-state index in [1.54, 1.807) is 0 Å². The summed E-state index contributed by atoms with van der Waals surface area (Å²) in [5.74, 6) is 2.53. The molecule has 0 aliphatic carbocycles. The molecule has 0 saturated carbocycles. The standard InChI is InChI=1S/C16H32O.C14H28O2.C7H15NOS/c1-3-5-7-9-10-12-14-16(15-17)13-11-8-6-4-2;1-2-3-4-5-6-7-8-9-10-11-12-13-16-14-15;1-2-4-10-5-3-7(8)6-9/h15-16H,3-14H2,1-2H3;14H,2-13H2,1H3;6-7H,2-5,8H2,1H3. The first kappa shape index (κ1) is 46.5. The van der Waals surface area contributed by atoms with Crippen LogP contribution in [0.4, 0.5) is 0 Å². The Hall–Kier alpha value is -0.880. The van der Waals surface area contributed by atoms with Crippen LogP contribution in [0.3, 0.4) is 0 Å². The Balaban J connectivity index is -0.000000577. The maximum absolute atomic E-state index is 10.9. The third kappa shape index (κ3) is 48.2. The lowest BCUT2D eigenvalue weighted by molar-refractivity contribution is -0.128. The van der Waals surface area contributed by atoms with Crippen LogP contribution in [0.15, 0.2) is 0 Å². The molecular formula is C37H75NO4S. The number of unbranched alkanes of at least 4 members (excludes halogenated alkanes) is 18. The minimum absolute atomic E-state index is 0.246. The Morgan fingerprint density at radius 1 is 0.512 bits per heavy atom. The van der Waals surface area contributed by atoms with E-state index in [2.05, 4.69) is 32.4 Å². The van der Waals surface area contributed by atoms with Crippen molar-refractivity contribution in [2.45, 2.75) is 194 Å². The van der Waals surface area contributed by atoms with Crippen LogP contribution >= 0.6 is 11.8 Å². The lowest BCUT2D eigenvalue weighted by Crippen LogP contribution is -2.21. The molecule has 0 aromatic heterocycles. The summed E-state index contributed by atoms with van der Waals surface area (Å²) in [6, 6.07) is -0.246. The molecule has 0 bridgehead atoms. The molecule has 43 heavy (non-hydrogen) atoms. The molecule has 5 nitrogen and oxygen atoms in total. The minimum atomic E-state index is -0.246. The lowest BCUT2D eigenvalue weighted by Gasteiger charge is -2.09. The zero-order valence-corrected chi connectivity index (χ0v) is 30.1. The number of hydrogen-bond acceptors (Lipinski definition) is 6. The third-order valence-corrected chi connectivity index (χ3v) is 8.82. The molecule has 258 valence electrons. The van der Waals surface area contributed by atoms with E-state index in [0.717, 1.165) is 37.7 Å². The largest absolute Gasteiger partial charge is 0.468 e. The minimum Gasteiger partial charge on any atom is -0.468 e. The second-order valence-electron chi connectivity index (χ2n) is 12.0. The highest BCUT2D eigenvalue weighted by atomic mass is 32.2. The summed E-state index contributed by atoms with van der Waals surface area (Å²) in [6.07, 6.45) is 34.0. The van der Waals surface area contributed by atoms with Crippen LogP contribution in [-0.4, -0.2) is 43.2 Å². The molecule has 0 aliphatic rings. The quantitative estimate of drug-likeness (QED) is 0.0588. The molecule has 0 rings (SSSR count). The predicted molar refractivity (Wildman–Crippen MR) is 191 cm³/mol. The van der Waals surface area contributed by atoms with Crippen molar-refractivity contribution in [2.24, 2.45) is 11.7 Å². The van der Waals surface area contributed by atoms with E-state index in [1.807, 2.05) is 11.8 Å². The maximum Gasteiger partial charge on any atom is 0.293 e. The first-order valence-corrected chi connectivity index (χ1v) is 19.5. The second kappa shape index (κ2) is 45.5. The number of carbonyl (C=O) groups excluding carboxylic acids is 3. The van der Waals surface area contributed by atoms with Gasteiger partial charge in [-0.3, -0.25) is 4.79 Å². The predicted octanol–water partition coefficient (Wildman–Crippen LogP) is 11.0. The van der Waals surface area contributed by atoms with Crippen LogP contribution in [0.2, 0.25) is 0 Å². The highest BCUT2D eigenvalue weighted by Gasteiger charge is 2.06. The van der Waals surface area contributed by atoms with Crippen LogP contribution in [0.5, 0.6) is 0 Å². The zero-order chi connectivity index (χ0) is 32.5. The first-order valence-electron chi connectivity index (χ1n) is 18.4. The van der Waals surface area contributed by atoms with Gasteiger partial charge in [-0.1, -0.05) is 156 Å². The van der Waals surface area contributed by atoms with Crippen molar-refractivity contribution in [3.05, 3.63) is 0 Å². The zero-order valence-electron chi connectivity index (χ0n) is 29.3. The van der Waals surface area contributed by atoms with Crippen LogP contribution in [-0.2, 0) is 19.1 Å². The number of thioether (sulfide) groups is 1. The Labute approximate surface area is 273 Å². The number of ether oxygens (including phenoxy) is 1. The summed E-state index contributed by atoms with van der Waals surface area (Å²) in [5, 5.41) is 0. The van der Waals surface area contributed by atoms with Crippen LogP contribution < -0.4 is 5.73 Å². The van der Waals surface area contributed by atoms with Crippen LogP contribution in [0.25, 0.3) is 0 Å². The average molecular weight is 630 g/mol. The summed E-state index contributed by atoms with van der Waals surface area (Å²) in [4.78, 5) is 30.8. The molecule has 0 heterocycles. The highest BCUT2D eigenvalue weighted by Crippen LogP contribution is 2.17. The van der Waals surface area contributed by atoms with E-state index < -0.39 is 0 Å². The van der Waals surface area contributed by atoms with Crippen molar-refractivity contribution in [1.82, 2.24) is 0 Å². The monoisotopic (exact) mass is 630 g/mol. The van der Waals surface area contributed by atoms with Crippen molar-refractivity contribution >= 4 is 30.8 Å². The molecule has 0 amide bonds. The van der Waals surface area contributed by atoms with Gasteiger partial charge in [0, 0.05) is 5.92 Å². The van der Waals surface area contributed by atoms with E-state index in [4.69, 9.17) is 5.73 Å². The van der Waals surface area contributed by atoms with Crippen LogP contribution in [0, 0.1) is 5.92 Å². The van der Waals surface area contributed by atoms with Gasteiger partial charge < -0.3 is 20.1 Å². The second-order valence-corrected chi connectivity index (χ2v) is 13.2. The molecule has 0 aliphatic heterocycles. The van der Waals surface area contributed by atoms with Gasteiger partial charge in [-0.15, -0.1) is 0 Å². The van der Waals surface area contributed by atoms with Gasteiger partial charge >= 0.3 is 0 Å². The summed E-state index contributed by atoms with van der Waals surface area (Å²) in [6.45, 7) is 10.0.